The van der Waals surface area contributed by atoms with Crippen molar-refractivity contribution in [2.24, 2.45) is 17.8 Å². The second-order valence-corrected chi connectivity index (χ2v) is 3.84. The monoisotopic (exact) mass is 142 g/mol. The summed E-state index contributed by atoms with van der Waals surface area (Å²) in [5, 5.41) is 9.02. The van der Waals surface area contributed by atoms with Crippen LogP contribution in [0.25, 0.3) is 0 Å². The molecule has 2 saturated carbocycles. The summed E-state index contributed by atoms with van der Waals surface area (Å²) in [6, 6.07) is 0.559. The Kier molecular flexibility index (Phi) is 1.46. The van der Waals surface area contributed by atoms with Gasteiger partial charge in [0.15, 0.2) is 0 Å². The van der Waals surface area contributed by atoms with E-state index >= 15 is 0 Å². The van der Waals surface area contributed by atoms with Gasteiger partial charge in [-0.25, -0.2) is 0 Å². The van der Waals surface area contributed by atoms with Crippen LogP contribution in [0.5, 0.6) is 0 Å². The lowest BCUT2D eigenvalue weighted by Crippen LogP contribution is -2.67. The van der Waals surface area contributed by atoms with Crippen LogP contribution >= 0.6 is 0 Å². The van der Waals surface area contributed by atoms with Crippen LogP contribution in [-0.4, -0.2) is 17.8 Å². The van der Waals surface area contributed by atoms with Gasteiger partial charge in [-0.2, -0.15) is 0 Å². The Morgan fingerprint density at radius 1 is 1.30 bits per heavy atom. The zero-order valence-electron chi connectivity index (χ0n) is 6.29. The van der Waals surface area contributed by atoms with E-state index in [-0.39, 0.29) is 0 Å². The van der Waals surface area contributed by atoms with E-state index in [1.165, 1.54) is 19.3 Å². The highest BCUT2D eigenvalue weighted by atomic mass is 16.3. The minimum atomic E-state index is 0.370. The van der Waals surface area contributed by atoms with Crippen LogP contribution < -0.4 is 5.73 Å². The number of rotatable bonds is 1. The number of aliphatic hydroxyl groups is 1. The number of aliphatic hydroxyl groups excluding tert-OH is 1. The Bertz CT molecular complexity index is 135. The molecular weight excluding hydrogens is 126 g/mol. The first kappa shape index (κ1) is 6.62. The van der Waals surface area contributed by atoms with Crippen LogP contribution in [0.2, 0.25) is 0 Å². The van der Waals surface area contributed by atoms with E-state index in [1.54, 1.807) is 0 Å². The van der Waals surface area contributed by atoms with Crippen LogP contribution in [0.1, 0.15) is 19.3 Å². The maximum absolute atomic E-state index is 9.02. The molecule has 0 spiro atoms. The molecule has 4 N–H and O–H groups in total. The van der Waals surface area contributed by atoms with E-state index in [0.29, 0.717) is 18.6 Å². The molecule has 2 aliphatic rings. The van der Waals surface area contributed by atoms with Crippen molar-refractivity contribution < 1.29 is 10.8 Å². The molecule has 0 unspecified atom stereocenters. The molecule has 10 heavy (non-hydrogen) atoms. The molecule has 0 heterocycles. The largest absolute Gasteiger partial charge is 0.396 e. The fourth-order valence-electron chi connectivity index (χ4n) is 2.81. The van der Waals surface area contributed by atoms with Gasteiger partial charge in [-0.15, -0.1) is 0 Å². The van der Waals surface area contributed by atoms with Crippen LogP contribution in [0.4, 0.5) is 0 Å². The number of hydrogen-bond acceptors (Lipinski definition) is 1. The molecule has 0 radical (unpaired) electrons. The molecule has 2 rings (SSSR count). The summed E-state index contributed by atoms with van der Waals surface area (Å²) in [6.07, 6.45) is 4.07. The summed E-state index contributed by atoms with van der Waals surface area (Å²) in [5.74, 6) is 2.21. The molecule has 2 nitrogen and oxygen atoms in total. The van der Waals surface area contributed by atoms with Crippen molar-refractivity contribution in [2.75, 3.05) is 6.61 Å². The van der Waals surface area contributed by atoms with E-state index < -0.39 is 0 Å². The van der Waals surface area contributed by atoms with E-state index in [0.717, 1.165) is 11.8 Å². The molecule has 2 heteroatoms. The highest BCUT2D eigenvalue weighted by Gasteiger charge is 2.47. The molecule has 0 aromatic carbocycles. The molecule has 0 amide bonds. The third-order valence-corrected chi connectivity index (χ3v) is 3.49. The Balaban J connectivity index is 2.10. The Morgan fingerprint density at radius 3 is 2.40 bits per heavy atom. The maximum Gasteiger partial charge on any atom is 0.0925 e. The minimum absolute atomic E-state index is 0.370. The van der Waals surface area contributed by atoms with Gasteiger partial charge >= 0.3 is 0 Å². The summed E-state index contributed by atoms with van der Waals surface area (Å²) >= 11 is 0. The predicted octanol–water partition coefficient (Wildman–Crippen LogP) is -0.365. The maximum atomic E-state index is 9.02. The lowest BCUT2D eigenvalue weighted by atomic mass is 9.86. The van der Waals surface area contributed by atoms with Crippen LogP contribution in [0.3, 0.4) is 0 Å². The van der Waals surface area contributed by atoms with E-state index in [2.05, 4.69) is 5.73 Å². The second-order valence-electron chi connectivity index (χ2n) is 3.84. The fourth-order valence-corrected chi connectivity index (χ4v) is 2.81. The summed E-state index contributed by atoms with van der Waals surface area (Å²) in [6.45, 7) is 0.370. The Hall–Kier alpha value is -0.0800. The van der Waals surface area contributed by atoms with Crippen molar-refractivity contribution >= 4 is 0 Å². The van der Waals surface area contributed by atoms with Crippen LogP contribution in [0.15, 0.2) is 0 Å². The first-order chi connectivity index (χ1) is 4.83. The zero-order valence-corrected chi connectivity index (χ0v) is 6.29. The van der Waals surface area contributed by atoms with Crippen molar-refractivity contribution in [2.45, 2.75) is 25.3 Å². The number of fused-ring (bicyclic) bond motifs is 2. The molecule has 2 fully saturated rings. The van der Waals surface area contributed by atoms with Gasteiger partial charge in [0.25, 0.3) is 0 Å². The highest BCUT2D eigenvalue weighted by molar-refractivity contribution is 4.95. The average Bonchev–Trinajstić information content (AvgIpc) is 2.46. The third-order valence-electron chi connectivity index (χ3n) is 3.49. The Labute approximate surface area is 61.4 Å². The number of hydrogen-bond donors (Lipinski definition) is 2. The van der Waals surface area contributed by atoms with Gasteiger partial charge < -0.3 is 10.8 Å². The Morgan fingerprint density at radius 2 is 2.00 bits per heavy atom. The lowest BCUT2D eigenvalue weighted by molar-refractivity contribution is -0.444. The van der Waals surface area contributed by atoms with Gasteiger partial charge in [0.05, 0.1) is 12.6 Å². The average molecular weight is 142 g/mol. The molecule has 0 aromatic heterocycles. The van der Waals surface area contributed by atoms with E-state index in [9.17, 15) is 0 Å². The topological polar surface area (TPSA) is 47.9 Å². The van der Waals surface area contributed by atoms with Crippen molar-refractivity contribution in [1.82, 2.24) is 0 Å². The molecule has 0 saturated heterocycles. The standard InChI is InChI=1S/C8H15NO/c9-8-6-2-1-5(3-6)7(8)4-10/h5-8,10H,1-4,9H2/p+1/t5-,6+,7-,8+/m1/s1. The molecule has 2 bridgehead atoms. The van der Waals surface area contributed by atoms with Gasteiger partial charge in [0.1, 0.15) is 0 Å². The van der Waals surface area contributed by atoms with Gasteiger partial charge in [0, 0.05) is 11.8 Å². The molecular formula is C8H16NO+. The van der Waals surface area contributed by atoms with Gasteiger partial charge in [0.2, 0.25) is 0 Å². The zero-order chi connectivity index (χ0) is 7.14. The third kappa shape index (κ3) is 0.722. The first-order valence-electron chi connectivity index (χ1n) is 4.27. The van der Waals surface area contributed by atoms with Gasteiger partial charge in [-0.1, -0.05) is 0 Å². The molecule has 0 aliphatic heterocycles. The van der Waals surface area contributed by atoms with Crippen LogP contribution in [0, 0.1) is 17.8 Å². The summed E-state index contributed by atoms with van der Waals surface area (Å²) in [5.41, 5.74) is 4.11. The molecule has 4 atom stereocenters. The van der Waals surface area contributed by atoms with Crippen molar-refractivity contribution in [3.63, 3.8) is 0 Å². The van der Waals surface area contributed by atoms with E-state index in [4.69, 9.17) is 5.11 Å². The minimum Gasteiger partial charge on any atom is -0.396 e. The smallest absolute Gasteiger partial charge is 0.0925 e. The SMILES string of the molecule is [NH3+][C@H]1[C@H]2CC[C@H](C2)[C@H]1CO. The fraction of sp³-hybridized carbons (Fsp3) is 1.00. The normalized spacial score (nSPS) is 52.2. The van der Waals surface area contributed by atoms with E-state index in [1.807, 2.05) is 0 Å². The lowest BCUT2D eigenvalue weighted by Gasteiger charge is -2.22. The highest BCUT2D eigenvalue weighted by Crippen LogP contribution is 2.46. The van der Waals surface area contributed by atoms with Gasteiger partial charge in [-0.05, 0) is 25.2 Å². The first-order valence-corrected chi connectivity index (χ1v) is 4.27. The van der Waals surface area contributed by atoms with Crippen molar-refractivity contribution in [1.29, 1.82) is 0 Å². The van der Waals surface area contributed by atoms with Crippen LogP contribution in [-0.2, 0) is 0 Å². The summed E-state index contributed by atoms with van der Waals surface area (Å²) in [4.78, 5) is 0. The molecule has 2 aliphatic carbocycles. The predicted molar refractivity (Wildman–Crippen MR) is 38.1 cm³/mol. The summed E-state index contributed by atoms with van der Waals surface area (Å²) in [7, 11) is 0. The van der Waals surface area contributed by atoms with Crippen molar-refractivity contribution in [3.05, 3.63) is 0 Å². The summed E-state index contributed by atoms with van der Waals surface area (Å²) < 4.78 is 0. The second kappa shape index (κ2) is 2.21. The number of quaternary nitrogens is 1. The molecule has 0 aromatic rings. The van der Waals surface area contributed by atoms with Crippen molar-refractivity contribution in [3.8, 4) is 0 Å². The quantitative estimate of drug-likeness (QED) is 0.516. The van der Waals surface area contributed by atoms with Gasteiger partial charge in [-0.3, -0.25) is 0 Å². The molecule has 58 valence electrons.